The quantitative estimate of drug-likeness (QED) is 0.473. The summed E-state index contributed by atoms with van der Waals surface area (Å²) in [7, 11) is -2.67. The number of alkyl halides is 3. The summed E-state index contributed by atoms with van der Waals surface area (Å²) in [6, 6.07) is 9.54. The number of amides is 2. The molecule has 0 fully saturated rings. The maximum absolute atomic E-state index is 13.6. The topological polar surface area (TPSA) is 96.0 Å². The maximum Gasteiger partial charge on any atom is 0.416 e. The predicted octanol–water partition coefficient (Wildman–Crippen LogP) is 4.20. The summed E-state index contributed by atoms with van der Waals surface area (Å²) in [4.78, 5) is 28.0. The second-order valence-electron chi connectivity index (χ2n) is 9.85. The number of halogens is 3. The monoisotopic (exact) mass is 557 g/mol. The van der Waals surface area contributed by atoms with E-state index in [-0.39, 0.29) is 18.7 Å². The first-order valence-corrected chi connectivity index (χ1v) is 13.7. The molecule has 2 amide bonds. The molecule has 8 nitrogen and oxygen atoms in total. The molecule has 1 N–H and O–H groups in total. The van der Waals surface area contributed by atoms with E-state index in [0.717, 1.165) is 18.4 Å². The molecule has 1 atom stereocenters. The molecule has 0 aromatic heterocycles. The molecule has 210 valence electrons. The molecule has 12 heteroatoms. The van der Waals surface area contributed by atoms with Crippen LogP contribution in [0.2, 0.25) is 0 Å². The summed E-state index contributed by atoms with van der Waals surface area (Å²) in [6.45, 7) is 6.22. The van der Waals surface area contributed by atoms with E-state index in [9.17, 15) is 31.2 Å². The third kappa shape index (κ3) is 8.64. The number of rotatable bonds is 10. The van der Waals surface area contributed by atoms with E-state index in [2.05, 4.69) is 5.32 Å². The third-order valence-electron chi connectivity index (χ3n) is 5.54. The maximum atomic E-state index is 13.6. The van der Waals surface area contributed by atoms with E-state index in [1.165, 1.54) is 18.1 Å². The number of carbonyl (C=O) groups is 2. The van der Waals surface area contributed by atoms with Crippen LogP contribution in [-0.4, -0.2) is 56.6 Å². The van der Waals surface area contributed by atoms with Gasteiger partial charge in [0.25, 0.3) is 0 Å². The normalized spacial score (nSPS) is 13.0. The van der Waals surface area contributed by atoms with Crippen LogP contribution in [0, 0.1) is 0 Å². The lowest BCUT2D eigenvalue weighted by atomic mass is 10.1. The summed E-state index contributed by atoms with van der Waals surface area (Å²) in [5.74, 6) is -0.608. The number of benzene rings is 2. The number of nitrogens with one attached hydrogen (secondary N) is 1. The van der Waals surface area contributed by atoms with Gasteiger partial charge in [-0.3, -0.25) is 13.9 Å². The van der Waals surface area contributed by atoms with Gasteiger partial charge in [-0.1, -0.05) is 25.1 Å². The van der Waals surface area contributed by atoms with Crippen molar-refractivity contribution in [2.75, 3.05) is 24.2 Å². The van der Waals surface area contributed by atoms with Crippen LogP contribution in [0.25, 0.3) is 0 Å². The molecule has 0 bridgehead atoms. The molecule has 0 aliphatic heterocycles. The van der Waals surface area contributed by atoms with Gasteiger partial charge in [0.15, 0.2) is 0 Å². The largest absolute Gasteiger partial charge is 0.497 e. The fourth-order valence-electron chi connectivity index (χ4n) is 3.75. The number of ether oxygens (including phenoxy) is 1. The molecule has 0 saturated heterocycles. The van der Waals surface area contributed by atoms with Crippen molar-refractivity contribution in [3.05, 3.63) is 59.7 Å². The van der Waals surface area contributed by atoms with E-state index in [0.29, 0.717) is 21.7 Å². The van der Waals surface area contributed by atoms with Crippen LogP contribution in [-0.2, 0) is 32.3 Å². The fraction of sp³-hybridized carbons (Fsp3) is 0.462. The van der Waals surface area contributed by atoms with Crippen molar-refractivity contribution in [1.82, 2.24) is 10.2 Å². The number of methoxy groups -OCH3 is 1. The average Bonchev–Trinajstić information content (AvgIpc) is 2.80. The number of nitrogens with zero attached hydrogens (tertiary/aromatic N) is 2. The summed E-state index contributed by atoms with van der Waals surface area (Å²) in [5, 5.41) is 2.84. The molecular weight excluding hydrogens is 523 g/mol. The van der Waals surface area contributed by atoms with Gasteiger partial charge in [-0.25, -0.2) is 8.42 Å². The first-order chi connectivity index (χ1) is 17.5. The number of anilines is 1. The number of sulfonamides is 1. The predicted molar refractivity (Wildman–Crippen MR) is 139 cm³/mol. The molecule has 0 unspecified atom stereocenters. The zero-order valence-corrected chi connectivity index (χ0v) is 23.1. The fourth-order valence-corrected chi connectivity index (χ4v) is 4.59. The molecule has 0 spiro atoms. The molecule has 0 aliphatic rings. The van der Waals surface area contributed by atoms with E-state index in [1.54, 1.807) is 52.0 Å². The Bertz CT molecular complexity index is 1230. The minimum absolute atomic E-state index is 0.0426. The summed E-state index contributed by atoms with van der Waals surface area (Å²) in [6.07, 6.45) is -3.69. The van der Waals surface area contributed by atoms with Crippen molar-refractivity contribution in [3.63, 3.8) is 0 Å². The van der Waals surface area contributed by atoms with Crippen LogP contribution in [0.5, 0.6) is 5.75 Å². The molecule has 0 saturated carbocycles. The van der Waals surface area contributed by atoms with Crippen LogP contribution in [0.4, 0.5) is 18.9 Å². The van der Waals surface area contributed by atoms with Crippen molar-refractivity contribution in [1.29, 1.82) is 0 Å². The van der Waals surface area contributed by atoms with E-state index >= 15 is 0 Å². The molecule has 2 rings (SSSR count). The van der Waals surface area contributed by atoms with Crippen molar-refractivity contribution in [2.45, 2.75) is 58.4 Å². The minimum Gasteiger partial charge on any atom is -0.497 e. The Morgan fingerprint density at radius 1 is 1.05 bits per heavy atom. The van der Waals surface area contributed by atoms with Gasteiger partial charge < -0.3 is 15.0 Å². The highest BCUT2D eigenvalue weighted by Crippen LogP contribution is 2.32. The first kappa shape index (κ1) is 30.9. The molecule has 0 radical (unpaired) electrons. The Labute approximate surface area is 221 Å². The highest BCUT2D eigenvalue weighted by molar-refractivity contribution is 7.92. The van der Waals surface area contributed by atoms with Gasteiger partial charge in [0.2, 0.25) is 21.8 Å². The Morgan fingerprint density at radius 3 is 2.13 bits per heavy atom. The van der Waals surface area contributed by atoms with Gasteiger partial charge in [-0.05, 0) is 63.1 Å². The summed E-state index contributed by atoms with van der Waals surface area (Å²) >= 11 is 0. The third-order valence-corrected chi connectivity index (χ3v) is 6.68. The Balaban J connectivity index is 2.50. The highest BCUT2D eigenvalue weighted by atomic mass is 32.2. The second kappa shape index (κ2) is 12.1. The van der Waals surface area contributed by atoms with E-state index in [1.807, 2.05) is 0 Å². The van der Waals surface area contributed by atoms with Crippen LogP contribution in [0.15, 0.2) is 48.5 Å². The van der Waals surface area contributed by atoms with Crippen molar-refractivity contribution in [2.24, 2.45) is 0 Å². The average molecular weight is 558 g/mol. The van der Waals surface area contributed by atoms with Crippen molar-refractivity contribution < 1.29 is 35.9 Å². The smallest absolute Gasteiger partial charge is 0.416 e. The number of carbonyl (C=O) groups excluding carboxylic acids is 2. The second-order valence-corrected chi connectivity index (χ2v) is 11.8. The molecule has 38 heavy (non-hydrogen) atoms. The minimum atomic E-state index is -4.71. The van der Waals surface area contributed by atoms with Crippen LogP contribution < -0.4 is 14.4 Å². The van der Waals surface area contributed by atoms with Gasteiger partial charge in [0.1, 0.15) is 18.3 Å². The Morgan fingerprint density at radius 2 is 1.66 bits per heavy atom. The van der Waals surface area contributed by atoms with Gasteiger partial charge >= 0.3 is 6.18 Å². The summed E-state index contributed by atoms with van der Waals surface area (Å²) < 4.78 is 70.9. The molecule has 0 heterocycles. The van der Waals surface area contributed by atoms with Crippen molar-refractivity contribution >= 4 is 27.5 Å². The SMILES string of the molecule is CC[C@H](C(=O)NC(C)(C)C)N(Cc1ccc(OC)cc1)C(=O)CN(c1cccc(C(F)(F)F)c1)S(C)(=O)=O. The van der Waals surface area contributed by atoms with Crippen LogP contribution in [0.3, 0.4) is 0 Å². The molecule has 0 aliphatic carbocycles. The van der Waals surface area contributed by atoms with E-state index < -0.39 is 51.7 Å². The summed E-state index contributed by atoms with van der Waals surface area (Å²) in [5.41, 5.74) is -1.32. The first-order valence-electron chi connectivity index (χ1n) is 11.9. The Kier molecular flexibility index (Phi) is 9.82. The Hall–Kier alpha value is -3.28. The molecule has 2 aromatic rings. The van der Waals surface area contributed by atoms with Gasteiger partial charge in [0.05, 0.1) is 24.6 Å². The lowest BCUT2D eigenvalue weighted by Crippen LogP contribution is -2.55. The number of hydrogen-bond acceptors (Lipinski definition) is 5. The zero-order chi connectivity index (χ0) is 28.9. The lowest BCUT2D eigenvalue weighted by molar-refractivity contribution is -0.141. The van der Waals surface area contributed by atoms with Crippen molar-refractivity contribution in [3.8, 4) is 5.75 Å². The number of hydrogen-bond donors (Lipinski definition) is 1. The standard InChI is InChI=1S/C26H34F3N3O5S/c1-7-22(24(34)30-25(2,3)4)31(16-18-11-13-21(37-5)14-12-18)23(33)17-32(38(6,35)36)20-10-8-9-19(15-20)26(27,28)29/h8-15,22H,7,16-17H2,1-6H3,(H,30,34)/t22-/m1/s1. The van der Waals surface area contributed by atoms with Gasteiger partial charge in [-0.15, -0.1) is 0 Å². The van der Waals surface area contributed by atoms with E-state index in [4.69, 9.17) is 4.74 Å². The lowest BCUT2D eigenvalue weighted by Gasteiger charge is -2.34. The van der Waals surface area contributed by atoms with Gasteiger partial charge in [-0.2, -0.15) is 13.2 Å². The van der Waals surface area contributed by atoms with Gasteiger partial charge in [0, 0.05) is 12.1 Å². The van der Waals surface area contributed by atoms with Crippen LogP contribution >= 0.6 is 0 Å². The highest BCUT2D eigenvalue weighted by Gasteiger charge is 2.35. The zero-order valence-electron chi connectivity index (χ0n) is 22.3. The van der Waals surface area contributed by atoms with Crippen LogP contribution in [0.1, 0.15) is 45.2 Å². The molecule has 2 aromatic carbocycles. The molecular formula is C26H34F3N3O5S.